The summed E-state index contributed by atoms with van der Waals surface area (Å²) in [4.78, 5) is 13.5. The van der Waals surface area contributed by atoms with E-state index in [2.05, 4.69) is 34.7 Å². The van der Waals surface area contributed by atoms with Crippen molar-refractivity contribution in [2.75, 3.05) is 18.2 Å². The first-order chi connectivity index (χ1) is 12.5. The highest BCUT2D eigenvalue weighted by atomic mass is 32.2. The topological polar surface area (TPSA) is 69.0 Å². The molecule has 1 amide bonds. The first-order valence-corrected chi connectivity index (χ1v) is 9.88. The second-order valence-corrected chi connectivity index (χ2v) is 7.76. The van der Waals surface area contributed by atoms with Gasteiger partial charge in [0.1, 0.15) is 5.75 Å². The molecule has 1 N–H and O–H groups in total. The minimum atomic E-state index is -0.119. The fourth-order valence-electron chi connectivity index (χ4n) is 2.47. The molecule has 0 saturated carbocycles. The second kappa shape index (κ2) is 7.92. The number of thiophene rings is 1. The number of para-hydroxylation sites is 2. The van der Waals surface area contributed by atoms with Gasteiger partial charge in [0.2, 0.25) is 5.91 Å². The average molecular weight is 389 g/mol. The molecule has 0 bridgehead atoms. The van der Waals surface area contributed by atoms with Crippen LogP contribution >= 0.6 is 23.1 Å². The Balaban J connectivity index is 1.67. The number of nitrogens with zero attached hydrogens (tertiary/aromatic N) is 3. The third-order valence-electron chi connectivity index (χ3n) is 4.07. The van der Waals surface area contributed by atoms with Crippen LogP contribution in [0.2, 0.25) is 0 Å². The summed E-state index contributed by atoms with van der Waals surface area (Å²) in [5.41, 5.74) is 2.97. The summed E-state index contributed by atoms with van der Waals surface area (Å²) in [7, 11) is 3.50. The highest BCUT2D eigenvalue weighted by Crippen LogP contribution is 2.31. The molecule has 0 spiro atoms. The van der Waals surface area contributed by atoms with Crippen LogP contribution in [0.15, 0.2) is 34.8 Å². The molecular weight excluding hydrogens is 368 g/mol. The maximum absolute atomic E-state index is 12.3. The maximum atomic E-state index is 12.3. The molecule has 0 aliphatic heterocycles. The molecule has 136 valence electrons. The van der Waals surface area contributed by atoms with Crippen molar-refractivity contribution < 1.29 is 9.53 Å². The number of thioether (sulfide) groups is 1. The van der Waals surface area contributed by atoms with Crippen LogP contribution in [0.3, 0.4) is 0 Å². The first kappa shape index (κ1) is 18.5. The molecular formula is C18H20N4O2S2. The Labute approximate surface area is 160 Å². The number of hydrogen-bond acceptors (Lipinski definition) is 6. The number of ether oxygens (including phenoxy) is 1. The summed E-state index contributed by atoms with van der Waals surface area (Å²) in [5, 5.41) is 14.2. The SMILES string of the molecule is COc1ccccc1NC(=O)CSc1nnc(-c2csc(C)c2C)n1C. The van der Waals surface area contributed by atoms with Gasteiger partial charge in [-0.1, -0.05) is 23.9 Å². The number of hydrogen-bond donors (Lipinski definition) is 1. The molecule has 0 aliphatic carbocycles. The number of aromatic nitrogens is 3. The molecule has 26 heavy (non-hydrogen) atoms. The summed E-state index contributed by atoms with van der Waals surface area (Å²) in [6.45, 7) is 4.18. The van der Waals surface area contributed by atoms with E-state index in [0.717, 1.165) is 11.4 Å². The number of amides is 1. The predicted molar refractivity (Wildman–Crippen MR) is 106 cm³/mol. The van der Waals surface area contributed by atoms with Gasteiger partial charge in [-0.25, -0.2) is 0 Å². The van der Waals surface area contributed by atoms with Crippen molar-refractivity contribution in [3.8, 4) is 17.1 Å². The van der Waals surface area contributed by atoms with Gasteiger partial charge < -0.3 is 14.6 Å². The van der Waals surface area contributed by atoms with Gasteiger partial charge in [0, 0.05) is 22.9 Å². The summed E-state index contributed by atoms with van der Waals surface area (Å²) in [6, 6.07) is 7.33. The zero-order valence-corrected chi connectivity index (χ0v) is 16.7. The van der Waals surface area contributed by atoms with Crippen LogP contribution < -0.4 is 10.1 Å². The van der Waals surface area contributed by atoms with E-state index in [1.807, 2.05) is 35.9 Å². The third-order valence-corrected chi connectivity index (χ3v) is 6.11. The zero-order chi connectivity index (χ0) is 18.7. The molecule has 0 saturated heterocycles. The number of nitrogens with one attached hydrogen (secondary N) is 1. The average Bonchev–Trinajstić information content (AvgIpc) is 3.16. The Morgan fingerprint density at radius 2 is 2.08 bits per heavy atom. The van der Waals surface area contributed by atoms with E-state index in [9.17, 15) is 4.79 Å². The van der Waals surface area contributed by atoms with Gasteiger partial charge in [-0.05, 0) is 31.5 Å². The third kappa shape index (κ3) is 3.76. The Hall–Kier alpha value is -2.32. The smallest absolute Gasteiger partial charge is 0.234 e. The largest absolute Gasteiger partial charge is 0.495 e. The molecule has 0 radical (unpaired) electrons. The number of carbonyl (C=O) groups excluding carboxylic acids is 1. The van der Waals surface area contributed by atoms with Crippen molar-refractivity contribution in [3.63, 3.8) is 0 Å². The van der Waals surface area contributed by atoms with E-state index in [0.29, 0.717) is 16.6 Å². The summed E-state index contributed by atoms with van der Waals surface area (Å²) >= 11 is 3.06. The Morgan fingerprint density at radius 3 is 2.77 bits per heavy atom. The molecule has 3 aromatic rings. The van der Waals surface area contributed by atoms with E-state index >= 15 is 0 Å². The van der Waals surface area contributed by atoms with Crippen LogP contribution in [0.25, 0.3) is 11.4 Å². The molecule has 6 nitrogen and oxygen atoms in total. The van der Waals surface area contributed by atoms with Crippen molar-refractivity contribution in [2.24, 2.45) is 7.05 Å². The van der Waals surface area contributed by atoms with Gasteiger partial charge >= 0.3 is 0 Å². The second-order valence-electron chi connectivity index (χ2n) is 5.73. The Bertz CT molecular complexity index is 933. The van der Waals surface area contributed by atoms with E-state index in [-0.39, 0.29) is 11.7 Å². The van der Waals surface area contributed by atoms with Crippen molar-refractivity contribution in [1.29, 1.82) is 0 Å². The van der Waals surface area contributed by atoms with Crippen LogP contribution in [0, 0.1) is 13.8 Å². The van der Waals surface area contributed by atoms with E-state index < -0.39 is 0 Å². The minimum absolute atomic E-state index is 0.119. The van der Waals surface area contributed by atoms with Crippen LogP contribution in [-0.4, -0.2) is 33.5 Å². The van der Waals surface area contributed by atoms with Crippen molar-refractivity contribution in [1.82, 2.24) is 14.8 Å². The molecule has 3 rings (SSSR count). The van der Waals surface area contributed by atoms with Crippen molar-refractivity contribution in [3.05, 3.63) is 40.1 Å². The lowest BCUT2D eigenvalue weighted by Gasteiger charge is -2.09. The molecule has 2 heterocycles. The van der Waals surface area contributed by atoms with E-state index in [1.54, 1.807) is 18.4 Å². The molecule has 0 atom stereocenters. The lowest BCUT2D eigenvalue weighted by atomic mass is 10.2. The molecule has 0 aliphatic rings. The Kier molecular flexibility index (Phi) is 5.63. The van der Waals surface area contributed by atoms with Crippen LogP contribution in [0.4, 0.5) is 5.69 Å². The van der Waals surface area contributed by atoms with Crippen LogP contribution in [0.5, 0.6) is 5.75 Å². The van der Waals surface area contributed by atoms with E-state index in [1.165, 1.54) is 22.2 Å². The maximum Gasteiger partial charge on any atom is 0.234 e. The van der Waals surface area contributed by atoms with Gasteiger partial charge in [-0.3, -0.25) is 4.79 Å². The fraction of sp³-hybridized carbons (Fsp3) is 0.278. The highest BCUT2D eigenvalue weighted by Gasteiger charge is 2.16. The lowest BCUT2D eigenvalue weighted by molar-refractivity contribution is -0.113. The summed E-state index contributed by atoms with van der Waals surface area (Å²) < 4.78 is 7.17. The number of anilines is 1. The minimum Gasteiger partial charge on any atom is -0.495 e. The molecule has 0 unspecified atom stereocenters. The highest BCUT2D eigenvalue weighted by molar-refractivity contribution is 7.99. The Morgan fingerprint density at radius 1 is 1.31 bits per heavy atom. The van der Waals surface area contributed by atoms with Gasteiger partial charge in [-0.2, -0.15) is 0 Å². The normalized spacial score (nSPS) is 10.8. The fourth-order valence-corrected chi connectivity index (χ4v) is 4.05. The van der Waals surface area contributed by atoms with Gasteiger partial charge in [0.25, 0.3) is 0 Å². The quantitative estimate of drug-likeness (QED) is 0.649. The van der Waals surface area contributed by atoms with Gasteiger partial charge in [0.15, 0.2) is 11.0 Å². The lowest BCUT2D eigenvalue weighted by Crippen LogP contribution is -2.15. The number of carbonyl (C=O) groups is 1. The molecule has 1 aromatic carbocycles. The standard InChI is InChI=1S/C18H20N4O2S2/c1-11-12(2)25-9-13(11)17-20-21-18(22(17)3)26-10-16(23)19-14-7-5-6-8-15(14)24-4/h5-9H,10H2,1-4H3,(H,19,23). The summed E-state index contributed by atoms with van der Waals surface area (Å²) in [6.07, 6.45) is 0. The van der Waals surface area contributed by atoms with E-state index in [4.69, 9.17) is 4.74 Å². The molecule has 8 heteroatoms. The number of methoxy groups -OCH3 is 1. The number of rotatable bonds is 6. The van der Waals surface area contributed by atoms with Crippen molar-refractivity contribution >= 4 is 34.7 Å². The number of aryl methyl sites for hydroxylation is 1. The van der Waals surface area contributed by atoms with Crippen LogP contribution in [-0.2, 0) is 11.8 Å². The summed E-state index contributed by atoms with van der Waals surface area (Å²) in [5.74, 6) is 1.58. The van der Waals surface area contributed by atoms with Gasteiger partial charge in [0.05, 0.1) is 18.6 Å². The van der Waals surface area contributed by atoms with Gasteiger partial charge in [-0.15, -0.1) is 21.5 Å². The predicted octanol–water partition coefficient (Wildman–Crippen LogP) is 3.90. The first-order valence-electron chi connectivity index (χ1n) is 8.01. The monoisotopic (exact) mass is 388 g/mol. The van der Waals surface area contributed by atoms with Crippen LogP contribution in [0.1, 0.15) is 10.4 Å². The zero-order valence-electron chi connectivity index (χ0n) is 15.1. The number of benzene rings is 1. The molecule has 2 aromatic heterocycles. The van der Waals surface area contributed by atoms with Crippen molar-refractivity contribution in [2.45, 2.75) is 19.0 Å². The molecule has 0 fully saturated rings.